The van der Waals surface area contributed by atoms with Crippen molar-refractivity contribution >= 4 is 5.91 Å². The Morgan fingerprint density at radius 2 is 2.00 bits per heavy atom. The fraction of sp³-hybridized carbons (Fsp3) is 0.929. The Morgan fingerprint density at radius 3 is 2.63 bits per heavy atom. The van der Waals surface area contributed by atoms with Crippen LogP contribution in [0.25, 0.3) is 0 Å². The first-order valence-corrected chi connectivity index (χ1v) is 7.43. The zero-order chi connectivity index (χ0) is 13.7. The van der Waals surface area contributed by atoms with Crippen LogP contribution in [0.15, 0.2) is 0 Å². The number of amides is 1. The molecule has 110 valence electrons. The van der Waals surface area contributed by atoms with Gasteiger partial charge in [0.05, 0.1) is 18.8 Å². The van der Waals surface area contributed by atoms with E-state index in [9.17, 15) is 9.90 Å². The van der Waals surface area contributed by atoms with Crippen LogP contribution in [0.5, 0.6) is 0 Å². The van der Waals surface area contributed by atoms with E-state index in [1.54, 1.807) is 0 Å². The van der Waals surface area contributed by atoms with E-state index in [4.69, 9.17) is 4.74 Å². The summed E-state index contributed by atoms with van der Waals surface area (Å²) in [6, 6.07) is 0. The maximum absolute atomic E-state index is 11.9. The van der Waals surface area contributed by atoms with Crippen LogP contribution in [0.3, 0.4) is 0 Å². The molecule has 0 aromatic rings. The predicted octanol–water partition coefficient (Wildman–Crippen LogP) is 0.472. The highest BCUT2D eigenvalue weighted by Gasteiger charge is 2.39. The molecule has 1 amide bonds. The number of likely N-dealkylation sites (tertiary alicyclic amines) is 1. The molecule has 2 fully saturated rings. The van der Waals surface area contributed by atoms with Crippen LogP contribution in [0.4, 0.5) is 0 Å². The fourth-order valence-corrected chi connectivity index (χ4v) is 2.99. The number of rotatable bonds is 6. The zero-order valence-corrected chi connectivity index (χ0v) is 11.9. The summed E-state index contributed by atoms with van der Waals surface area (Å²) in [7, 11) is 0. The molecule has 5 nitrogen and oxygen atoms in total. The minimum atomic E-state index is -0.455. The Labute approximate surface area is 115 Å². The molecule has 0 atom stereocenters. The van der Waals surface area contributed by atoms with Gasteiger partial charge in [0.15, 0.2) is 0 Å². The second-order valence-electron chi connectivity index (χ2n) is 5.78. The molecule has 1 N–H and O–H groups in total. The van der Waals surface area contributed by atoms with Crippen molar-refractivity contribution in [3.63, 3.8) is 0 Å². The van der Waals surface area contributed by atoms with Crippen LogP contribution in [0, 0.1) is 0 Å². The van der Waals surface area contributed by atoms with Gasteiger partial charge in [0.1, 0.15) is 0 Å². The van der Waals surface area contributed by atoms with Crippen molar-refractivity contribution in [1.29, 1.82) is 0 Å². The van der Waals surface area contributed by atoms with Crippen molar-refractivity contribution in [3.05, 3.63) is 0 Å². The zero-order valence-electron chi connectivity index (χ0n) is 11.9. The topological polar surface area (TPSA) is 53.0 Å². The number of aliphatic hydroxyl groups is 1. The molecule has 2 rings (SSSR count). The number of β-amino-alcohol motifs (C(OH)–C–C–N with tert-alkyl or cyclic N) is 1. The first-order chi connectivity index (χ1) is 9.13. The lowest BCUT2D eigenvalue weighted by atomic mass is 9.89. The lowest BCUT2D eigenvalue weighted by molar-refractivity contribution is -0.135. The normalized spacial score (nSPS) is 23.2. The van der Waals surface area contributed by atoms with Gasteiger partial charge in [-0.15, -0.1) is 0 Å². The largest absolute Gasteiger partial charge is 0.387 e. The van der Waals surface area contributed by atoms with E-state index in [0.29, 0.717) is 19.6 Å². The van der Waals surface area contributed by atoms with Gasteiger partial charge in [0.2, 0.25) is 5.91 Å². The highest BCUT2D eigenvalue weighted by Crippen LogP contribution is 2.25. The average Bonchev–Trinajstić information content (AvgIpc) is 2.38. The smallest absolute Gasteiger partial charge is 0.222 e. The summed E-state index contributed by atoms with van der Waals surface area (Å²) in [5.74, 6) is 0.243. The first kappa shape index (κ1) is 14.8. The van der Waals surface area contributed by atoms with Crippen LogP contribution in [0.2, 0.25) is 0 Å². The Morgan fingerprint density at radius 1 is 1.32 bits per heavy atom. The molecule has 5 heteroatoms. The van der Waals surface area contributed by atoms with Gasteiger partial charge in [0.25, 0.3) is 0 Å². The Hall–Kier alpha value is -0.650. The minimum Gasteiger partial charge on any atom is -0.387 e. The van der Waals surface area contributed by atoms with Crippen LogP contribution in [0.1, 0.15) is 32.6 Å². The van der Waals surface area contributed by atoms with Gasteiger partial charge < -0.3 is 14.7 Å². The Kier molecular flexibility index (Phi) is 5.19. The summed E-state index contributed by atoms with van der Waals surface area (Å²) >= 11 is 0. The molecule has 0 radical (unpaired) electrons. The van der Waals surface area contributed by atoms with Crippen molar-refractivity contribution in [2.75, 3.05) is 45.9 Å². The molecule has 2 aliphatic rings. The fourth-order valence-electron chi connectivity index (χ4n) is 2.99. The second-order valence-corrected chi connectivity index (χ2v) is 5.78. The third kappa shape index (κ3) is 4.16. The van der Waals surface area contributed by atoms with Crippen molar-refractivity contribution in [2.24, 2.45) is 0 Å². The monoisotopic (exact) mass is 270 g/mol. The molecule has 19 heavy (non-hydrogen) atoms. The van der Waals surface area contributed by atoms with E-state index in [1.165, 1.54) is 0 Å². The molecular formula is C14H26N2O3. The summed E-state index contributed by atoms with van der Waals surface area (Å²) in [6.07, 6.45) is 3.41. The molecule has 2 aliphatic heterocycles. The highest BCUT2D eigenvalue weighted by atomic mass is 16.5. The maximum Gasteiger partial charge on any atom is 0.222 e. The van der Waals surface area contributed by atoms with Gasteiger partial charge >= 0.3 is 0 Å². The SMILES string of the molecule is CCCC1(O)CN(CCCC(=O)N2CCOCC2)C1. The highest BCUT2D eigenvalue weighted by molar-refractivity contribution is 5.76. The van der Waals surface area contributed by atoms with E-state index in [1.807, 2.05) is 4.90 Å². The summed E-state index contributed by atoms with van der Waals surface area (Å²) in [4.78, 5) is 16.1. The predicted molar refractivity (Wildman–Crippen MR) is 72.9 cm³/mol. The van der Waals surface area contributed by atoms with E-state index in [2.05, 4.69) is 11.8 Å². The van der Waals surface area contributed by atoms with Crippen LogP contribution < -0.4 is 0 Å². The van der Waals surface area contributed by atoms with Gasteiger partial charge in [-0.25, -0.2) is 0 Å². The third-order valence-corrected chi connectivity index (χ3v) is 3.98. The number of morpholine rings is 1. The molecule has 2 heterocycles. The number of hydrogen-bond acceptors (Lipinski definition) is 4. The number of carbonyl (C=O) groups excluding carboxylic acids is 1. The standard InChI is InChI=1S/C14H26N2O3/c1-2-5-14(18)11-15(12-14)6-3-4-13(17)16-7-9-19-10-8-16/h18H,2-12H2,1H3. The quantitative estimate of drug-likeness (QED) is 0.762. The lowest BCUT2D eigenvalue weighted by Gasteiger charge is -2.46. The van der Waals surface area contributed by atoms with Gasteiger partial charge in [-0.1, -0.05) is 13.3 Å². The van der Waals surface area contributed by atoms with Crippen molar-refractivity contribution in [1.82, 2.24) is 9.80 Å². The molecule has 0 aliphatic carbocycles. The first-order valence-electron chi connectivity index (χ1n) is 7.43. The van der Waals surface area contributed by atoms with Crippen LogP contribution in [-0.2, 0) is 9.53 Å². The molecule has 0 aromatic heterocycles. The lowest BCUT2D eigenvalue weighted by Crippen LogP contribution is -2.61. The molecular weight excluding hydrogens is 244 g/mol. The molecule has 0 unspecified atom stereocenters. The second kappa shape index (κ2) is 6.68. The Balaban J connectivity index is 1.56. The molecule has 0 spiro atoms. The van der Waals surface area contributed by atoms with E-state index >= 15 is 0 Å². The number of carbonyl (C=O) groups is 1. The minimum absolute atomic E-state index is 0.243. The molecule has 2 saturated heterocycles. The Bertz CT molecular complexity index is 297. The molecule has 0 bridgehead atoms. The van der Waals surface area contributed by atoms with E-state index in [0.717, 1.165) is 52.0 Å². The summed E-state index contributed by atoms with van der Waals surface area (Å²) in [5.41, 5.74) is -0.455. The van der Waals surface area contributed by atoms with Crippen molar-refractivity contribution < 1.29 is 14.6 Å². The van der Waals surface area contributed by atoms with Gasteiger partial charge in [-0.3, -0.25) is 9.69 Å². The van der Waals surface area contributed by atoms with Crippen LogP contribution >= 0.6 is 0 Å². The summed E-state index contributed by atoms with van der Waals surface area (Å²) in [6.45, 7) is 7.37. The molecule has 0 aromatic carbocycles. The van der Waals surface area contributed by atoms with Gasteiger partial charge in [0, 0.05) is 32.6 Å². The van der Waals surface area contributed by atoms with E-state index < -0.39 is 5.60 Å². The van der Waals surface area contributed by atoms with E-state index in [-0.39, 0.29) is 5.91 Å². The number of ether oxygens (including phenoxy) is 1. The van der Waals surface area contributed by atoms with Crippen LogP contribution in [-0.4, -0.2) is 72.4 Å². The maximum atomic E-state index is 11.9. The van der Waals surface area contributed by atoms with Crippen molar-refractivity contribution in [3.8, 4) is 0 Å². The number of hydrogen-bond donors (Lipinski definition) is 1. The summed E-state index contributed by atoms with van der Waals surface area (Å²) < 4.78 is 5.24. The van der Waals surface area contributed by atoms with Gasteiger partial charge in [-0.05, 0) is 19.4 Å². The average molecular weight is 270 g/mol. The third-order valence-electron chi connectivity index (χ3n) is 3.98. The summed E-state index contributed by atoms with van der Waals surface area (Å²) in [5, 5.41) is 10.1. The van der Waals surface area contributed by atoms with Crippen molar-refractivity contribution in [2.45, 2.75) is 38.2 Å². The molecule has 0 saturated carbocycles. The number of nitrogens with zero attached hydrogens (tertiary/aromatic N) is 2. The van der Waals surface area contributed by atoms with Gasteiger partial charge in [-0.2, -0.15) is 0 Å².